The number of benzene rings is 4. The van der Waals surface area contributed by atoms with Crippen molar-refractivity contribution in [2.75, 3.05) is 0 Å². The lowest BCUT2D eigenvalue weighted by Crippen LogP contribution is -2.08. The summed E-state index contributed by atoms with van der Waals surface area (Å²) in [6, 6.07) is 19.3. The summed E-state index contributed by atoms with van der Waals surface area (Å²) >= 11 is 0. The molecule has 0 saturated heterocycles. The van der Waals surface area contributed by atoms with Crippen molar-refractivity contribution < 1.29 is 17.6 Å². The van der Waals surface area contributed by atoms with Crippen molar-refractivity contribution in [2.24, 2.45) is 10.1 Å². The minimum Gasteiger partial charge on any atom is -0.206 e. The third-order valence-electron chi connectivity index (χ3n) is 6.62. The first-order valence-corrected chi connectivity index (χ1v) is 11.0. The summed E-state index contributed by atoms with van der Waals surface area (Å²) in [5.74, 6) is -1.34. The number of hydrogen-bond donors (Lipinski definition) is 0. The summed E-state index contributed by atoms with van der Waals surface area (Å²) in [5, 5.41) is 20.4. The van der Waals surface area contributed by atoms with Crippen LogP contribution in [0.3, 0.4) is 0 Å². The molecule has 0 bridgehead atoms. The molecule has 6 rings (SSSR count). The SMILES string of the molecule is [C-]#[N+]N=c1c2cc(-c3ccc(F)c(C(F)(F)F)c3)ccc2c2cc3c(=NC#N)c4ccccc4c3cc12. The largest absolute Gasteiger partial charge is 0.419 e. The van der Waals surface area contributed by atoms with E-state index in [1.165, 1.54) is 6.07 Å². The van der Waals surface area contributed by atoms with Crippen LogP contribution in [0.15, 0.2) is 82.9 Å². The Kier molecular flexibility index (Phi) is 4.82. The van der Waals surface area contributed by atoms with Gasteiger partial charge < -0.3 is 0 Å². The highest BCUT2D eigenvalue weighted by molar-refractivity contribution is 6.21. The lowest BCUT2D eigenvalue weighted by molar-refractivity contribution is -0.139. The van der Waals surface area contributed by atoms with Gasteiger partial charge in [-0.1, -0.05) is 42.5 Å². The van der Waals surface area contributed by atoms with Crippen molar-refractivity contribution in [1.29, 1.82) is 5.26 Å². The second-order valence-electron chi connectivity index (χ2n) is 8.55. The number of alkyl halides is 3. The van der Waals surface area contributed by atoms with Crippen LogP contribution in [-0.2, 0) is 6.18 Å². The molecule has 8 heteroatoms. The molecule has 0 N–H and O–H groups in total. The number of nitrogens with zero attached hydrogens (tertiary/aromatic N) is 4. The molecular formula is C29H12F4N4. The van der Waals surface area contributed by atoms with Crippen molar-refractivity contribution in [2.45, 2.75) is 6.18 Å². The molecule has 0 aliphatic rings. The quantitative estimate of drug-likeness (QED) is 0.104. The third kappa shape index (κ3) is 3.35. The van der Waals surface area contributed by atoms with E-state index in [-0.39, 0.29) is 5.56 Å². The van der Waals surface area contributed by atoms with Crippen molar-refractivity contribution in [1.82, 2.24) is 0 Å². The predicted molar refractivity (Wildman–Crippen MR) is 133 cm³/mol. The van der Waals surface area contributed by atoms with Crippen LogP contribution < -0.4 is 10.7 Å². The number of halogens is 4. The summed E-state index contributed by atoms with van der Waals surface area (Å²) in [6.45, 7) is 7.36. The van der Waals surface area contributed by atoms with E-state index in [0.717, 1.165) is 44.5 Å². The molecule has 0 aliphatic carbocycles. The normalized spacial score (nSPS) is 13.1. The van der Waals surface area contributed by atoms with Gasteiger partial charge in [0.15, 0.2) is 5.36 Å². The van der Waals surface area contributed by atoms with Crippen LogP contribution in [0.25, 0.3) is 59.2 Å². The zero-order chi connectivity index (χ0) is 25.9. The lowest BCUT2D eigenvalue weighted by atomic mass is 10.00. The molecule has 0 unspecified atom stereocenters. The Labute approximate surface area is 206 Å². The van der Waals surface area contributed by atoms with E-state index in [4.69, 9.17) is 6.57 Å². The molecule has 176 valence electrons. The summed E-state index contributed by atoms with van der Waals surface area (Å²) in [4.78, 5) is 7.28. The average Bonchev–Trinajstić information content (AvgIpc) is 3.35. The smallest absolute Gasteiger partial charge is 0.206 e. The van der Waals surface area contributed by atoms with Crippen molar-refractivity contribution in [3.63, 3.8) is 0 Å². The highest BCUT2D eigenvalue weighted by Crippen LogP contribution is 2.37. The van der Waals surface area contributed by atoms with E-state index >= 15 is 0 Å². The lowest BCUT2D eigenvalue weighted by Gasteiger charge is -2.10. The molecule has 37 heavy (non-hydrogen) atoms. The molecule has 4 nitrogen and oxygen atoms in total. The van der Waals surface area contributed by atoms with Crippen LogP contribution in [0.1, 0.15) is 5.56 Å². The summed E-state index contributed by atoms with van der Waals surface area (Å²) in [6.07, 6.45) is -2.96. The number of fused-ring (bicyclic) bond motifs is 6. The Balaban J connectivity index is 1.70. The minimum atomic E-state index is -4.83. The van der Waals surface area contributed by atoms with E-state index in [1.807, 2.05) is 42.6 Å². The Bertz CT molecular complexity index is 2120. The van der Waals surface area contributed by atoms with Crippen LogP contribution in [0.4, 0.5) is 17.6 Å². The molecule has 0 aromatic heterocycles. The Morgan fingerprint density at radius 3 is 1.97 bits per heavy atom. The fourth-order valence-electron chi connectivity index (χ4n) is 5.06. The van der Waals surface area contributed by atoms with E-state index in [0.29, 0.717) is 27.1 Å². The maximum atomic E-state index is 13.8. The van der Waals surface area contributed by atoms with Gasteiger partial charge >= 0.3 is 6.18 Å². The van der Waals surface area contributed by atoms with Crippen LogP contribution in [0, 0.1) is 23.8 Å². The summed E-state index contributed by atoms with van der Waals surface area (Å²) in [7, 11) is 0. The zero-order valence-electron chi connectivity index (χ0n) is 18.7. The predicted octanol–water partition coefficient (Wildman–Crippen LogP) is 7.12. The molecule has 0 saturated carbocycles. The van der Waals surface area contributed by atoms with E-state index < -0.39 is 17.6 Å². The van der Waals surface area contributed by atoms with Gasteiger partial charge in [0.25, 0.3) is 0 Å². The Morgan fingerprint density at radius 1 is 0.703 bits per heavy atom. The van der Waals surface area contributed by atoms with Crippen molar-refractivity contribution in [3.05, 3.63) is 106 Å². The fraction of sp³-hybridized carbons (Fsp3) is 0.0345. The van der Waals surface area contributed by atoms with Crippen LogP contribution in [0.2, 0.25) is 0 Å². The molecule has 6 aromatic rings. The summed E-state index contributed by atoms with van der Waals surface area (Å²) < 4.78 is 53.7. The molecule has 0 aliphatic heterocycles. The maximum Gasteiger partial charge on any atom is 0.419 e. The molecule has 0 radical (unpaired) electrons. The molecule has 0 amide bonds. The maximum absolute atomic E-state index is 13.8. The first-order chi connectivity index (χ1) is 17.8. The second-order valence-corrected chi connectivity index (χ2v) is 8.55. The minimum absolute atomic E-state index is 0.189. The van der Waals surface area contributed by atoms with Gasteiger partial charge in [-0.2, -0.15) is 30.0 Å². The van der Waals surface area contributed by atoms with E-state index in [9.17, 15) is 22.8 Å². The monoisotopic (exact) mass is 492 g/mol. The number of rotatable bonds is 1. The van der Waals surface area contributed by atoms with Gasteiger partial charge in [-0.25, -0.2) is 4.39 Å². The molecule has 6 aromatic carbocycles. The summed E-state index contributed by atoms with van der Waals surface area (Å²) in [5.41, 5.74) is -0.725. The van der Waals surface area contributed by atoms with Gasteiger partial charge in [0.1, 0.15) is 5.82 Å². The molecule has 0 fully saturated rings. The molecule has 0 atom stereocenters. The van der Waals surface area contributed by atoms with Gasteiger partial charge in [0, 0.05) is 21.5 Å². The standard InChI is InChI=1S/C29H12F4N4/c1-35-37-28-22-10-15(16-7-9-26(30)25(11-16)29(31,32)33)6-8-18(22)21-12-23-20(13-24(21)28)17-4-2-3-5-19(17)27(23)36-14-34/h2-13H. The van der Waals surface area contributed by atoms with E-state index in [1.54, 1.807) is 18.2 Å². The molecule has 0 spiro atoms. The average molecular weight is 492 g/mol. The zero-order valence-corrected chi connectivity index (χ0v) is 18.7. The third-order valence-corrected chi connectivity index (χ3v) is 6.62. The van der Waals surface area contributed by atoms with Gasteiger partial charge in [-0.3, -0.25) is 0 Å². The Morgan fingerprint density at radius 2 is 1.30 bits per heavy atom. The first-order valence-electron chi connectivity index (χ1n) is 11.0. The van der Waals surface area contributed by atoms with Crippen LogP contribution >= 0.6 is 0 Å². The van der Waals surface area contributed by atoms with Crippen molar-refractivity contribution >= 4 is 43.1 Å². The van der Waals surface area contributed by atoms with Gasteiger partial charge in [-0.05, 0) is 63.0 Å². The van der Waals surface area contributed by atoms with Crippen molar-refractivity contribution in [3.8, 4) is 17.3 Å². The number of nitriles is 1. The topological polar surface area (TPSA) is 52.9 Å². The van der Waals surface area contributed by atoms with Gasteiger partial charge in [-0.15, -0.1) is 4.95 Å². The highest BCUT2D eigenvalue weighted by Gasteiger charge is 2.34. The first kappa shape index (κ1) is 22.4. The number of hydrogen-bond acceptors (Lipinski definition) is 3. The second kappa shape index (κ2) is 7.97. The van der Waals surface area contributed by atoms with Crippen LogP contribution in [0.5, 0.6) is 0 Å². The van der Waals surface area contributed by atoms with Gasteiger partial charge in [0.05, 0.1) is 16.0 Å². The molecule has 0 heterocycles. The fourth-order valence-corrected chi connectivity index (χ4v) is 5.06. The van der Waals surface area contributed by atoms with E-state index in [2.05, 4.69) is 15.0 Å². The Hall–Kier alpha value is -5.08. The molecular weight excluding hydrogens is 480 g/mol. The highest BCUT2D eigenvalue weighted by atomic mass is 19.4. The van der Waals surface area contributed by atoms with Gasteiger partial charge in [0.2, 0.25) is 6.19 Å². The van der Waals surface area contributed by atoms with Crippen LogP contribution in [-0.4, -0.2) is 0 Å².